The molecule has 0 aliphatic heterocycles. The van der Waals surface area contributed by atoms with E-state index in [4.69, 9.17) is 0 Å². The van der Waals surface area contributed by atoms with E-state index >= 15 is 0 Å². The van der Waals surface area contributed by atoms with Gasteiger partial charge in [-0.15, -0.1) is 11.8 Å². The van der Waals surface area contributed by atoms with E-state index in [0.717, 1.165) is 15.9 Å². The number of nitrogens with zero attached hydrogens (tertiary/aromatic N) is 3. The molecule has 0 saturated heterocycles. The molecule has 0 unspecified atom stereocenters. The molecule has 1 heterocycles. The molecular formula is C9H7N3O2S. The molecule has 0 atom stereocenters. The molecule has 0 aliphatic rings. The third-order valence-electron chi connectivity index (χ3n) is 1.99. The molecule has 0 spiro atoms. The summed E-state index contributed by atoms with van der Waals surface area (Å²) in [7, 11) is 0. The van der Waals surface area contributed by atoms with Crippen molar-refractivity contribution < 1.29 is 4.92 Å². The zero-order valence-electron chi connectivity index (χ0n) is 7.88. The van der Waals surface area contributed by atoms with Crippen LogP contribution in [0.3, 0.4) is 0 Å². The quantitative estimate of drug-likeness (QED) is 0.336. The van der Waals surface area contributed by atoms with Crippen LogP contribution in [0.15, 0.2) is 29.6 Å². The average Bonchev–Trinajstić information content (AvgIpc) is 2.27. The first kappa shape index (κ1) is 9.85. The molecule has 0 N–H and O–H groups in total. The van der Waals surface area contributed by atoms with Crippen LogP contribution in [0.25, 0.3) is 10.9 Å². The Kier molecular flexibility index (Phi) is 2.51. The maximum Gasteiger partial charge on any atom is 0.270 e. The van der Waals surface area contributed by atoms with Crippen LogP contribution in [0.2, 0.25) is 0 Å². The van der Waals surface area contributed by atoms with Crippen molar-refractivity contribution in [2.45, 2.75) is 5.03 Å². The minimum atomic E-state index is -0.420. The van der Waals surface area contributed by atoms with Crippen LogP contribution in [0.4, 0.5) is 5.69 Å². The number of fused-ring (bicyclic) bond motifs is 1. The lowest BCUT2D eigenvalue weighted by Crippen LogP contribution is -1.90. The highest BCUT2D eigenvalue weighted by Crippen LogP contribution is 2.25. The lowest BCUT2D eigenvalue weighted by Gasteiger charge is -2.00. The molecule has 76 valence electrons. The highest BCUT2D eigenvalue weighted by atomic mass is 32.2. The van der Waals surface area contributed by atoms with Gasteiger partial charge in [0.05, 0.1) is 10.4 Å². The van der Waals surface area contributed by atoms with Crippen molar-refractivity contribution in [1.82, 2.24) is 9.97 Å². The Labute approximate surface area is 89.7 Å². The minimum absolute atomic E-state index is 0.0626. The van der Waals surface area contributed by atoms with E-state index in [1.807, 2.05) is 6.26 Å². The Hall–Kier alpha value is -1.69. The molecule has 1 aromatic carbocycles. The predicted octanol–water partition coefficient (Wildman–Crippen LogP) is 2.26. The standard InChI is InChI=1S/C9H7N3O2S/c1-15-9-7-4-6(12(13)14)2-3-8(7)10-5-11-9/h2-5H,1H3. The van der Waals surface area contributed by atoms with Crippen molar-refractivity contribution in [2.24, 2.45) is 0 Å². The predicted molar refractivity (Wildman–Crippen MR) is 58.0 cm³/mol. The lowest BCUT2D eigenvalue weighted by atomic mass is 10.2. The minimum Gasteiger partial charge on any atom is -0.258 e. The highest BCUT2D eigenvalue weighted by molar-refractivity contribution is 7.98. The van der Waals surface area contributed by atoms with Gasteiger partial charge in [0.2, 0.25) is 0 Å². The third kappa shape index (κ3) is 1.75. The molecule has 0 fully saturated rings. The van der Waals surface area contributed by atoms with Gasteiger partial charge in [0.1, 0.15) is 11.4 Å². The van der Waals surface area contributed by atoms with Crippen molar-refractivity contribution in [3.8, 4) is 0 Å². The Morgan fingerprint density at radius 3 is 2.87 bits per heavy atom. The Bertz CT molecular complexity index is 530. The van der Waals surface area contributed by atoms with E-state index in [2.05, 4.69) is 9.97 Å². The maximum absolute atomic E-state index is 10.6. The van der Waals surface area contributed by atoms with Crippen LogP contribution in [0, 0.1) is 10.1 Å². The Balaban J connectivity index is 2.72. The first-order valence-corrected chi connectivity index (χ1v) is 5.38. The van der Waals surface area contributed by atoms with Crippen molar-refractivity contribution in [2.75, 3.05) is 6.26 Å². The zero-order chi connectivity index (χ0) is 10.8. The third-order valence-corrected chi connectivity index (χ3v) is 2.70. The fourth-order valence-electron chi connectivity index (χ4n) is 1.30. The number of thioether (sulfide) groups is 1. The molecule has 0 aliphatic carbocycles. The van der Waals surface area contributed by atoms with E-state index in [1.54, 1.807) is 6.07 Å². The molecule has 0 radical (unpaired) electrons. The smallest absolute Gasteiger partial charge is 0.258 e. The molecule has 5 nitrogen and oxygen atoms in total. The lowest BCUT2D eigenvalue weighted by molar-refractivity contribution is -0.384. The van der Waals surface area contributed by atoms with E-state index in [1.165, 1.54) is 30.2 Å². The second-order valence-electron chi connectivity index (χ2n) is 2.84. The number of rotatable bonds is 2. The van der Waals surface area contributed by atoms with E-state index in [9.17, 15) is 10.1 Å². The molecule has 6 heteroatoms. The summed E-state index contributed by atoms with van der Waals surface area (Å²) >= 11 is 1.44. The van der Waals surface area contributed by atoms with Gasteiger partial charge in [0.15, 0.2) is 0 Å². The summed E-state index contributed by atoms with van der Waals surface area (Å²) in [6.45, 7) is 0. The fraction of sp³-hybridized carbons (Fsp3) is 0.111. The van der Waals surface area contributed by atoms with Crippen molar-refractivity contribution >= 4 is 28.4 Å². The highest BCUT2D eigenvalue weighted by Gasteiger charge is 2.09. The van der Waals surface area contributed by atoms with Gasteiger partial charge in [-0.05, 0) is 12.3 Å². The van der Waals surface area contributed by atoms with Crippen LogP contribution in [-0.4, -0.2) is 21.1 Å². The van der Waals surface area contributed by atoms with E-state index in [0.29, 0.717) is 0 Å². The van der Waals surface area contributed by atoms with Gasteiger partial charge >= 0.3 is 0 Å². The molecule has 15 heavy (non-hydrogen) atoms. The van der Waals surface area contributed by atoms with Gasteiger partial charge in [0, 0.05) is 17.5 Å². The second-order valence-corrected chi connectivity index (χ2v) is 3.64. The van der Waals surface area contributed by atoms with Gasteiger partial charge in [-0.25, -0.2) is 9.97 Å². The number of hydrogen-bond donors (Lipinski definition) is 0. The molecule has 0 bridgehead atoms. The molecule has 2 rings (SSSR count). The van der Waals surface area contributed by atoms with Gasteiger partial charge in [-0.2, -0.15) is 0 Å². The monoisotopic (exact) mass is 221 g/mol. The first-order chi connectivity index (χ1) is 7.22. The first-order valence-electron chi connectivity index (χ1n) is 4.15. The largest absolute Gasteiger partial charge is 0.270 e. The van der Waals surface area contributed by atoms with E-state index in [-0.39, 0.29) is 5.69 Å². The Morgan fingerprint density at radius 1 is 1.40 bits per heavy atom. The van der Waals surface area contributed by atoms with Crippen LogP contribution < -0.4 is 0 Å². The van der Waals surface area contributed by atoms with Gasteiger partial charge in [-0.3, -0.25) is 10.1 Å². The summed E-state index contributed by atoms with van der Waals surface area (Å²) in [5, 5.41) is 12.1. The summed E-state index contributed by atoms with van der Waals surface area (Å²) in [5.41, 5.74) is 0.785. The van der Waals surface area contributed by atoms with Gasteiger partial charge in [-0.1, -0.05) is 0 Å². The van der Waals surface area contributed by atoms with Crippen LogP contribution in [0.1, 0.15) is 0 Å². The number of nitro groups is 1. The second kappa shape index (κ2) is 3.82. The van der Waals surface area contributed by atoms with Gasteiger partial charge in [0.25, 0.3) is 5.69 Å². The summed E-state index contributed by atoms with van der Waals surface area (Å²) in [5.74, 6) is 0. The van der Waals surface area contributed by atoms with Crippen LogP contribution in [-0.2, 0) is 0 Å². The Morgan fingerprint density at radius 2 is 2.20 bits per heavy atom. The molecule has 0 saturated carbocycles. The average molecular weight is 221 g/mol. The number of non-ortho nitro benzene ring substituents is 1. The maximum atomic E-state index is 10.6. The number of benzene rings is 1. The number of aromatic nitrogens is 2. The van der Waals surface area contributed by atoms with Crippen molar-refractivity contribution in [1.29, 1.82) is 0 Å². The SMILES string of the molecule is CSc1ncnc2ccc([N+](=O)[O-])cc12. The van der Waals surface area contributed by atoms with Crippen molar-refractivity contribution in [3.05, 3.63) is 34.6 Å². The summed E-state index contributed by atoms with van der Waals surface area (Å²) in [6, 6.07) is 4.58. The number of nitro benzene ring substituents is 1. The summed E-state index contributed by atoms with van der Waals surface area (Å²) < 4.78 is 0. The molecule has 2 aromatic rings. The molecule has 1 aromatic heterocycles. The summed E-state index contributed by atoms with van der Waals surface area (Å²) in [4.78, 5) is 18.3. The summed E-state index contributed by atoms with van der Waals surface area (Å²) in [6.07, 6.45) is 3.33. The van der Waals surface area contributed by atoms with Crippen LogP contribution >= 0.6 is 11.8 Å². The van der Waals surface area contributed by atoms with Crippen molar-refractivity contribution in [3.63, 3.8) is 0 Å². The van der Waals surface area contributed by atoms with Gasteiger partial charge < -0.3 is 0 Å². The van der Waals surface area contributed by atoms with Crippen LogP contribution in [0.5, 0.6) is 0 Å². The molecule has 0 amide bonds. The normalized spacial score (nSPS) is 10.5. The van der Waals surface area contributed by atoms with E-state index < -0.39 is 4.92 Å². The number of hydrogen-bond acceptors (Lipinski definition) is 5. The molecular weight excluding hydrogens is 214 g/mol. The topological polar surface area (TPSA) is 68.9 Å². The fourth-order valence-corrected chi connectivity index (χ4v) is 1.83. The zero-order valence-corrected chi connectivity index (χ0v) is 8.69.